The number of nitrogens with zero attached hydrogens (tertiary/aromatic N) is 1. The Balaban J connectivity index is 2.29. The Morgan fingerprint density at radius 1 is 1.38 bits per heavy atom. The van der Waals surface area contributed by atoms with Crippen molar-refractivity contribution in [1.29, 1.82) is 0 Å². The number of carbonyl (C=O) groups excluding carboxylic acids is 1. The van der Waals surface area contributed by atoms with Gasteiger partial charge in [0.25, 0.3) is 0 Å². The lowest BCUT2D eigenvalue weighted by Crippen LogP contribution is -2.19. The van der Waals surface area contributed by atoms with E-state index in [-0.39, 0.29) is 5.91 Å². The van der Waals surface area contributed by atoms with Crippen LogP contribution in [0.15, 0.2) is 35.4 Å². The zero-order valence-corrected chi connectivity index (χ0v) is 9.81. The second-order valence-electron chi connectivity index (χ2n) is 4.14. The lowest BCUT2D eigenvalue weighted by Gasteiger charge is -2.00. The molecule has 0 unspecified atom stereocenters. The number of carbonyl (C=O) groups is 1. The van der Waals surface area contributed by atoms with E-state index in [1.165, 1.54) is 0 Å². The summed E-state index contributed by atoms with van der Waals surface area (Å²) in [5, 5.41) is 3.88. The van der Waals surface area contributed by atoms with E-state index in [1.807, 2.05) is 30.3 Å². The molecule has 0 saturated carbocycles. The van der Waals surface area contributed by atoms with E-state index in [0.717, 1.165) is 12.0 Å². The highest BCUT2D eigenvalue weighted by atomic mass is 16.2. The van der Waals surface area contributed by atoms with Crippen LogP contribution >= 0.6 is 0 Å². The molecule has 1 aromatic carbocycles. The zero-order chi connectivity index (χ0) is 11.8. The van der Waals surface area contributed by atoms with Crippen LogP contribution in [0.4, 0.5) is 0 Å². The molecule has 0 saturated heterocycles. The van der Waals surface area contributed by atoms with Gasteiger partial charge in [-0.2, -0.15) is 5.10 Å². The summed E-state index contributed by atoms with van der Waals surface area (Å²) in [6.45, 7) is 4.22. The normalized spacial score (nSPS) is 10.9. The highest BCUT2D eigenvalue weighted by Gasteiger charge is 2.00. The molecule has 0 aliphatic rings. The van der Waals surface area contributed by atoms with Crippen molar-refractivity contribution in [2.75, 3.05) is 0 Å². The summed E-state index contributed by atoms with van der Waals surface area (Å²) in [6.07, 6.45) is 3.00. The van der Waals surface area contributed by atoms with Crippen LogP contribution in [0.5, 0.6) is 0 Å². The molecule has 1 N–H and O–H groups in total. The lowest BCUT2D eigenvalue weighted by molar-refractivity contribution is -0.120. The Labute approximate surface area is 96.6 Å². The molecule has 0 fully saturated rings. The van der Waals surface area contributed by atoms with Crippen LogP contribution in [0.2, 0.25) is 0 Å². The van der Waals surface area contributed by atoms with Gasteiger partial charge in [0.1, 0.15) is 0 Å². The highest BCUT2D eigenvalue weighted by molar-refractivity contribution is 5.79. The maximum atomic E-state index is 11.4. The fraction of sp³-hybridized carbons (Fsp3) is 0.385. The van der Waals surface area contributed by atoms with Crippen molar-refractivity contribution < 1.29 is 4.79 Å². The summed E-state index contributed by atoms with van der Waals surface area (Å²) in [5.41, 5.74) is 3.52. The fourth-order valence-electron chi connectivity index (χ4n) is 1.20. The quantitative estimate of drug-likeness (QED) is 0.598. The SMILES string of the molecule is CC(C)C/C=N\NC(=O)Cc1ccccc1. The largest absolute Gasteiger partial charge is 0.273 e. The van der Waals surface area contributed by atoms with Crippen LogP contribution in [0.1, 0.15) is 25.8 Å². The average molecular weight is 218 g/mol. The molecule has 1 aromatic rings. The van der Waals surface area contributed by atoms with Crippen molar-refractivity contribution in [2.45, 2.75) is 26.7 Å². The standard InChI is InChI=1S/C13H18N2O/c1-11(2)8-9-14-15-13(16)10-12-6-4-3-5-7-12/h3-7,9,11H,8,10H2,1-2H3,(H,15,16)/b14-9-. The number of hydrazone groups is 1. The summed E-state index contributed by atoms with van der Waals surface area (Å²) in [5.74, 6) is 0.487. The minimum Gasteiger partial charge on any atom is -0.273 e. The predicted molar refractivity (Wildman–Crippen MR) is 66.2 cm³/mol. The third kappa shape index (κ3) is 5.29. The number of rotatable bonds is 5. The van der Waals surface area contributed by atoms with Crippen molar-refractivity contribution in [3.05, 3.63) is 35.9 Å². The van der Waals surface area contributed by atoms with Gasteiger partial charge in [0.2, 0.25) is 5.91 Å². The Morgan fingerprint density at radius 3 is 2.69 bits per heavy atom. The van der Waals surface area contributed by atoms with E-state index < -0.39 is 0 Å². The number of hydrogen-bond acceptors (Lipinski definition) is 2. The van der Waals surface area contributed by atoms with Gasteiger partial charge in [0, 0.05) is 6.21 Å². The number of hydrogen-bond donors (Lipinski definition) is 1. The molecular formula is C13H18N2O. The summed E-state index contributed by atoms with van der Waals surface area (Å²) < 4.78 is 0. The van der Waals surface area contributed by atoms with Crippen molar-refractivity contribution >= 4 is 12.1 Å². The van der Waals surface area contributed by atoms with E-state index >= 15 is 0 Å². The summed E-state index contributed by atoms with van der Waals surface area (Å²) in [6, 6.07) is 9.63. The van der Waals surface area contributed by atoms with Crippen molar-refractivity contribution in [3.8, 4) is 0 Å². The van der Waals surface area contributed by atoms with E-state index in [9.17, 15) is 4.79 Å². The zero-order valence-electron chi connectivity index (χ0n) is 9.81. The molecule has 0 aliphatic heterocycles. The molecule has 0 heterocycles. The van der Waals surface area contributed by atoms with Gasteiger partial charge in [-0.05, 0) is 17.9 Å². The van der Waals surface area contributed by atoms with Crippen LogP contribution in [0.3, 0.4) is 0 Å². The lowest BCUT2D eigenvalue weighted by atomic mass is 10.1. The molecule has 0 atom stereocenters. The van der Waals surface area contributed by atoms with E-state index in [4.69, 9.17) is 0 Å². The number of amides is 1. The highest BCUT2D eigenvalue weighted by Crippen LogP contribution is 1.99. The molecule has 0 aromatic heterocycles. The maximum Gasteiger partial charge on any atom is 0.244 e. The smallest absolute Gasteiger partial charge is 0.244 e. The van der Waals surface area contributed by atoms with Gasteiger partial charge < -0.3 is 0 Å². The van der Waals surface area contributed by atoms with E-state index in [0.29, 0.717) is 12.3 Å². The van der Waals surface area contributed by atoms with Crippen LogP contribution in [-0.2, 0) is 11.2 Å². The fourth-order valence-corrected chi connectivity index (χ4v) is 1.20. The molecule has 1 amide bonds. The Hall–Kier alpha value is -1.64. The topological polar surface area (TPSA) is 41.5 Å². The van der Waals surface area contributed by atoms with Crippen molar-refractivity contribution in [3.63, 3.8) is 0 Å². The third-order valence-corrected chi connectivity index (χ3v) is 2.06. The van der Waals surface area contributed by atoms with Crippen LogP contribution in [0.25, 0.3) is 0 Å². The Morgan fingerprint density at radius 2 is 2.06 bits per heavy atom. The first kappa shape index (κ1) is 12.4. The van der Waals surface area contributed by atoms with E-state index in [2.05, 4.69) is 24.4 Å². The molecule has 1 rings (SSSR count). The molecule has 3 heteroatoms. The molecule has 0 spiro atoms. The van der Waals surface area contributed by atoms with Gasteiger partial charge in [-0.3, -0.25) is 4.79 Å². The number of nitrogens with one attached hydrogen (secondary N) is 1. The van der Waals surface area contributed by atoms with Gasteiger partial charge in [0.15, 0.2) is 0 Å². The molecule has 86 valence electrons. The van der Waals surface area contributed by atoms with Crippen LogP contribution < -0.4 is 5.43 Å². The Kier molecular flexibility index (Phi) is 5.26. The summed E-state index contributed by atoms with van der Waals surface area (Å²) >= 11 is 0. The average Bonchev–Trinajstić information content (AvgIpc) is 2.25. The monoisotopic (exact) mass is 218 g/mol. The van der Waals surface area contributed by atoms with Crippen molar-refractivity contribution in [1.82, 2.24) is 5.43 Å². The van der Waals surface area contributed by atoms with E-state index in [1.54, 1.807) is 6.21 Å². The number of benzene rings is 1. The Bertz CT molecular complexity index is 344. The minimum absolute atomic E-state index is 0.0776. The van der Waals surface area contributed by atoms with Gasteiger partial charge >= 0.3 is 0 Å². The molecular weight excluding hydrogens is 200 g/mol. The summed E-state index contributed by atoms with van der Waals surface area (Å²) in [7, 11) is 0. The van der Waals surface area contributed by atoms with Gasteiger partial charge in [0.05, 0.1) is 6.42 Å². The summed E-state index contributed by atoms with van der Waals surface area (Å²) in [4.78, 5) is 11.4. The minimum atomic E-state index is -0.0776. The first-order valence-corrected chi connectivity index (χ1v) is 5.52. The first-order valence-electron chi connectivity index (χ1n) is 5.52. The first-order chi connectivity index (χ1) is 7.68. The second kappa shape index (κ2) is 6.77. The second-order valence-corrected chi connectivity index (χ2v) is 4.14. The third-order valence-electron chi connectivity index (χ3n) is 2.06. The molecule has 0 radical (unpaired) electrons. The van der Waals surface area contributed by atoms with Gasteiger partial charge in [-0.15, -0.1) is 0 Å². The molecule has 3 nitrogen and oxygen atoms in total. The predicted octanol–water partition coefficient (Wildman–Crippen LogP) is 2.38. The molecule has 0 aliphatic carbocycles. The van der Waals surface area contributed by atoms with Crippen molar-refractivity contribution in [2.24, 2.45) is 11.0 Å². The van der Waals surface area contributed by atoms with Gasteiger partial charge in [-0.25, -0.2) is 5.43 Å². The van der Waals surface area contributed by atoms with Crippen LogP contribution in [0, 0.1) is 5.92 Å². The van der Waals surface area contributed by atoms with Gasteiger partial charge in [-0.1, -0.05) is 44.2 Å². The van der Waals surface area contributed by atoms with Crippen LogP contribution in [-0.4, -0.2) is 12.1 Å². The molecule has 16 heavy (non-hydrogen) atoms. The maximum absolute atomic E-state index is 11.4. The molecule has 0 bridgehead atoms.